The maximum atomic E-state index is 12.7. The second kappa shape index (κ2) is 6.55. The summed E-state index contributed by atoms with van der Waals surface area (Å²) in [4.78, 5) is 28.2. The van der Waals surface area contributed by atoms with Gasteiger partial charge < -0.3 is 10.2 Å². The molecule has 3 rings (SSSR count). The van der Waals surface area contributed by atoms with Crippen LogP contribution in [0.5, 0.6) is 0 Å². The van der Waals surface area contributed by atoms with Crippen molar-refractivity contribution in [1.29, 1.82) is 0 Å². The number of fused-ring (bicyclic) bond motifs is 1. The molecule has 0 aliphatic carbocycles. The number of carbonyl (C=O) groups excluding carboxylic acids is 2. The molecule has 0 saturated carbocycles. The molecule has 0 aromatic carbocycles. The van der Waals surface area contributed by atoms with Crippen molar-refractivity contribution in [3.63, 3.8) is 0 Å². The van der Waals surface area contributed by atoms with Crippen LogP contribution in [0.3, 0.4) is 0 Å². The highest BCUT2D eigenvalue weighted by Crippen LogP contribution is 2.27. The maximum absolute atomic E-state index is 12.7. The number of aromatic nitrogens is 2. The normalized spacial score (nSPS) is 27.4. The quantitative estimate of drug-likeness (QED) is 0.872. The van der Waals surface area contributed by atoms with E-state index in [1.807, 2.05) is 22.7 Å². The van der Waals surface area contributed by atoms with E-state index in [4.69, 9.17) is 0 Å². The first-order valence-corrected chi connectivity index (χ1v) is 8.73. The Morgan fingerprint density at radius 3 is 2.79 bits per heavy atom. The van der Waals surface area contributed by atoms with E-state index in [0.29, 0.717) is 6.54 Å². The first kappa shape index (κ1) is 17.0. The van der Waals surface area contributed by atoms with E-state index in [0.717, 1.165) is 26.1 Å². The number of amides is 2. The van der Waals surface area contributed by atoms with Gasteiger partial charge in [-0.05, 0) is 27.2 Å². The van der Waals surface area contributed by atoms with E-state index in [2.05, 4.69) is 29.2 Å². The molecule has 0 unspecified atom stereocenters. The number of nitrogens with zero attached hydrogens (tertiary/aromatic N) is 4. The van der Waals surface area contributed by atoms with Crippen molar-refractivity contribution in [1.82, 2.24) is 24.9 Å². The third-order valence-electron chi connectivity index (χ3n) is 5.33. The smallest absolute Gasteiger partial charge is 0.240 e. The van der Waals surface area contributed by atoms with Crippen molar-refractivity contribution in [2.45, 2.75) is 65.3 Å². The number of rotatable bonds is 4. The van der Waals surface area contributed by atoms with E-state index in [1.54, 1.807) is 0 Å². The van der Waals surface area contributed by atoms with E-state index >= 15 is 0 Å². The van der Waals surface area contributed by atoms with Gasteiger partial charge in [-0.3, -0.25) is 19.2 Å². The fraction of sp³-hybridized carbons (Fsp3) is 0.706. The number of carbonyl (C=O) groups is 2. The van der Waals surface area contributed by atoms with E-state index in [-0.39, 0.29) is 29.9 Å². The number of aryl methyl sites for hydroxylation is 1. The maximum Gasteiger partial charge on any atom is 0.240 e. The van der Waals surface area contributed by atoms with Crippen LogP contribution >= 0.6 is 0 Å². The topological polar surface area (TPSA) is 70.5 Å². The lowest BCUT2D eigenvalue weighted by molar-refractivity contribution is -0.143. The monoisotopic (exact) mass is 333 g/mol. The summed E-state index contributed by atoms with van der Waals surface area (Å²) in [5, 5.41) is 7.36. The molecule has 132 valence electrons. The highest BCUT2D eigenvalue weighted by molar-refractivity contribution is 5.83. The lowest BCUT2D eigenvalue weighted by Gasteiger charge is -2.41. The Hall–Kier alpha value is -1.89. The second-order valence-corrected chi connectivity index (χ2v) is 6.95. The predicted octanol–water partition coefficient (Wildman–Crippen LogP) is 0.521. The first-order valence-electron chi connectivity index (χ1n) is 8.73. The van der Waals surface area contributed by atoms with Gasteiger partial charge in [-0.1, -0.05) is 0 Å². The molecule has 3 heterocycles. The van der Waals surface area contributed by atoms with Crippen LogP contribution in [-0.2, 0) is 22.7 Å². The van der Waals surface area contributed by atoms with Gasteiger partial charge in [0, 0.05) is 56.4 Å². The van der Waals surface area contributed by atoms with Crippen LogP contribution in [0.15, 0.2) is 6.20 Å². The largest absolute Gasteiger partial charge is 0.352 e. The van der Waals surface area contributed by atoms with Crippen molar-refractivity contribution < 1.29 is 9.59 Å². The van der Waals surface area contributed by atoms with Crippen LogP contribution in [0.1, 0.15) is 38.4 Å². The molecule has 7 nitrogen and oxygen atoms in total. The molecule has 1 aromatic rings. The standard InChI is InChI=1S/C17H27N5O2/c1-5-22-11(2)14(7-18-22)8-20-10-16-6-15(19-13(4)23)9-21(16)17(24)12(20)3/h7,12,15-16H,5-6,8-10H2,1-4H3,(H,19,23)/t12-,15-,16-/m0/s1. The van der Waals surface area contributed by atoms with Crippen molar-refractivity contribution in [2.24, 2.45) is 0 Å². The molecule has 2 fully saturated rings. The molecular weight excluding hydrogens is 306 g/mol. The summed E-state index contributed by atoms with van der Waals surface area (Å²) in [6, 6.07) is 0.127. The summed E-state index contributed by atoms with van der Waals surface area (Å²) in [6.45, 7) is 10.7. The molecule has 2 amide bonds. The molecule has 0 spiro atoms. The zero-order valence-corrected chi connectivity index (χ0v) is 15.0. The van der Waals surface area contributed by atoms with Gasteiger partial charge in [0.1, 0.15) is 0 Å². The van der Waals surface area contributed by atoms with Gasteiger partial charge in [-0.15, -0.1) is 0 Å². The third-order valence-corrected chi connectivity index (χ3v) is 5.33. The average Bonchev–Trinajstić information content (AvgIpc) is 3.08. The number of nitrogens with one attached hydrogen (secondary N) is 1. The van der Waals surface area contributed by atoms with Gasteiger partial charge in [0.05, 0.1) is 12.2 Å². The highest BCUT2D eigenvalue weighted by atomic mass is 16.2. The van der Waals surface area contributed by atoms with E-state index < -0.39 is 0 Å². The van der Waals surface area contributed by atoms with Gasteiger partial charge in [-0.25, -0.2) is 0 Å². The molecule has 1 aromatic heterocycles. The first-order chi connectivity index (χ1) is 11.4. The molecule has 0 bridgehead atoms. The Morgan fingerprint density at radius 2 is 2.17 bits per heavy atom. The van der Waals surface area contributed by atoms with Gasteiger partial charge in [0.25, 0.3) is 0 Å². The van der Waals surface area contributed by atoms with Crippen molar-refractivity contribution >= 4 is 11.8 Å². The lowest BCUT2D eigenvalue weighted by atomic mass is 10.1. The fourth-order valence-electron chi connectivity index (χ4n) is 3.96. The molecular formula is C17H27N5O2. The Bertz CT molecular complexity index is 641. The minimum atomic E-state index is -0.137. The third kappa shape index (κ3) is 3.05. The van der Waals surface area contributed by atoms with Crippen LogP contribution < -0.4 is 5.32 Å². The predicted molar refractivity (Wildman–Crippen MR) is 90.2 cm³/mol. The van der Waals surface area contributed by atoms with Crippen LogP contribution in [0.25, 0.3) is 0 Å². The molecule has 2 saturated heterocycles. The Balaban J connectivity index is 1.71. The van der Waals surface area contributed by atoms with Gasteiger partial charge in [0.15, 0.2) is 0 Å². The van der Waals surface area contributed by atoms with Crippen LogP contribution in [0.2, 0.25) is 0 Å². The molecule has 0 radical (unpaired) electrons. The zero-order valence-electron chi connectivity index (χ0n) is 15.0. The Morgan fingerprint density at radius 1 is 1.42 bits per heavy atom. The van der Waals surface area contributed by atoms with Crippen LogP contribution in [0, 0.1) is 6.92 Å². The van der Waals surface area contributed by atoms with Gasteiger partial charge in [-0.2, -0.15) is 5.10 Å². The zero-order chi connectivity index (χ0) is 17.4. The summed E-state index contributed by atoms with van der Waals surface area (Å²) in [5.41, 5.74) is 2.35. The van der Waals surface area contributed by atoms with E-state index in [1.165, 1.54) is 18.2 Å². The van der Waals surface area contributed by atoms with Crippen molar-refractivity contribution in [3.8, 4) is 0 Å². The van der Waals surface area contributed by atoms with Gasteiger partial charge in [0.2, 0.25) is 11.8 Å². The fourth-order valence-corrected chi connectivity index (χ4v) is 3.96. The molecule has 24 heavy (non-hydrogen) atoms. The summed E-state index contributed by atoms with van der Waals surface area (Å²) >= 11 is 0. The number of hydrogen-bond donors (Lipinski definition) is 1. The second-order valence-electron chi connectivity index (χ2n) is 6.95. The molecule has 2 aliphatic heterocycles. The summed E-state index contributed by atoms with van der Waals surface area (Å²) in [5.74, 6) is 0.138. The van der Waals surface area contributed by atoms with Gasteiger partial charge >= 0.3 is 0 Å². The summed E-state index contributed by atoms with van der Waals surface area (Å²) in [6.07, 6.45) is 2.75. The lowest BCUT2D eigenvalue weighted by Crippen LogP contribution is -2.58. The SMILES string of the molecule is CCn1ncc(CN2C[C@@H]3C[C@H](NC(C)=O)CN3C(=O)[C@@H]2C)c1C. The summed E-state index contributed by atoms with van der Waals surface area (Å²) in [7, 11) is 0. The number of piperazine rings is 1. The molecule has 1 N–H and O–H groups in total. The van der Waals surface area contributed by atoms with Crippen LogP contribution in [-0.4, -0.2) is 62.6 Å². The molecule has 3 atom stereocenters. The minimum absolute atomic E-state index is 0.0280. The van der Waals surface area contributed by atoms with E-state index in [9.17, 15) is 9.59 Å². The summed E-state index contributed by atoms with van der Waals surface area (Å²) < 4.78 is 1.99. The highest BCUT2D eigenvalue weighted by Gasteiger charge is 2.43. The average molecular weight is 333 g/mol. The molecule has 7 heteroatoms. The minimum Gasteiger partial charge on any atom is -0.352 e. The Kier molecular flexibility index (Phi) is 4.62. The number of hydrogen-bond acceptors (Lipinski definition) is 4. The Labute approximate surface area is 143 Å². The van der Waals surface area contributed by atoms with Crippen molar-refractivity contribution in [3.05, 3.63) is 17.5 Å². The van der Waals surface area contributed by atoms with Crippen LogP contribution in [0.4, 0.5) is 0 Å². The van der Waals surface area contributed by atoms with Crippen molar-refractivity contribution in [2.75, 3.05) is 13.1 Å². The molecule has 2 aliphatic rings.